The predicted octanol–water partition coefficient (Wildman–Crippen LogP) is 1.37. The van der Waals surface area contributed by atoms with Gasteiger partial charge in [-0.15, -0.1) is 0 Å². The SMILES string of the molecule is CNCCNc1ccc([N+](=O)[O-])cc1F. The number of nitrogens with zero attached hydrogens (tertiary/aromatic N) is 1. The third-order valence-corrected chi connectivity index (χ3v) is 1.85. The normalized spacial score (nSPS) is 10.0. The van der Waals surface area contributed by atoms with Gasteiger partial charge in [0.25, 0.3) is 5.69 Å². The maximum absolute atomic E-state index is 13.3. The van der Waals surface area contributed by atoms with Crippen LogP contribution in [0.4, 0.5) is 15.8 Å². The van der Waals surface area contributed by atoms with Crippen LogP contribution in [-0.2, 0) is 0 Å². The molecule has 0 aliphatic carbocycles. The van der Waals surface area contributed by atoms with E-state index < -0.39 is 10.7 Å². The molecule has 2 N–H and O–H groups in total. The van der Waals surface area contributed by atoms with Gasteiger partial charge in [0.2, 0.25) is 0 Å². The minimum absolute atomic E-state index is 0.244. The molecule has 0 spiro atoms. The van der Waals surface area contributed by atoms with Gasteiger partial charge in [0.05, 0.1) is 16.7 Å². The number of halogens is 1. The highest BCUT2D eigenvalue weighted by Crippen LogP contribution is 2.19. The van der Waals surface area contributed by atoms with Crippen molar-refractivity contribution in [2.45, 2.75) is 0 Å². The average Bonchev–Trinajstić information content (AvgIpc) is 2.20. The van der Waals surface area contributed by atoms with E-state index in [1.165, 1.54) is 12.1 Å². The average molecular weight is 213 g/mol. The quantitative estimate of drug-likeness (QED) is 0.440. The second-order valence-electron chi connectivity index (χ2n) is 2.95. The number of rotatable bonds is 5. The van der Waals surface area contributed by atoms with E-state index in [0.29, 0.717) is 13.1 Å². The van der Waals surface area contributed by atoms with E-state index in [0.717, 1.165) is 6.07 Å². The van der Waals surface area contributed by atoms with Gasteiger partial charge in [0.15, 0.2) is 5.82 Å². The van der Waals surface area contributed by atoms with Crippen molar-refractivity contribution in [3.63, 3.8) is 0 Å². The van der Waals surface area contributed by atoms with Crippen LogP contribution in [0.1, 0.15) is 0 Å². The van der Waals surface area contributed by atoms with E-state index in [-0.39, 0.29) is 11.4 Å². The number of nitrogens with one attached hydrogen (secondary N) is 2. The van der Waals surface area contributed by atoms with Gasteiger partial charge in [-0.25, -0.2) is 4.39 Å². The summed E-state index contributed by atoms with van der Waals surface area (Å²) in [5.41, 5.74) is 0.0301. The van der Waals surface area contributed by atoms with Gasteiger partial charge in [-0.05, 0) is 13.1 Å². The minimum Gasteiger partial charge on any atom is -0.381 e. The van der Waals surface area contributed by atoms with Crippen LogP contribution < -0.4 is 10.6 Å². The maximum Gasteiger partial charge on any atom is 0.272 e. The summed E-state index contributed by atoms with van der Waals surface area (Å²) >= 11 is 0. The lowest BCUT2D eigenvalue weighted by atomic mass is 10.2. The molecule has 82 valence electrons. The lowest BCUT2D eigenvalue weighted by molar-refractivity contribution is -0.385. The van der Waals surface area contributed by atoms with Gasteiger partial charge in [0.1, 0.15) is 0 Å². The summed E-state index contributed by atoms with van der Waals surface area (Å²) in [4.78, 5) is 9.71. The first-order valence-corrected chi connectivity index (χ1v) is 4.47. The molecule has 1 aromatic rings. The standard InChI is InChI=1S/C9H12FN3O2/c1-11-4-5-12-9-3-2-7(13(14)15)6-8(9)10/h2-3,6,11-12H,4-5H2,1H3. The minimum atomic E-state index is -0.625. The second kappa shape index (κ2) is 5.26. The van der Waals surface area contributed by atoms with Crippen molar-refractivity contribution in [3.05, 3.63) is 34.1 Å². The zero-order chi connectivity index (χ0) is 11.3. The van der Waals surface area contributed by atoms with Gasteiger partial charge >= 0.3 is 0 Å². The van der Waals surface area contributed by atoms with Gasteiger partial charge < -0.3 is 10.6 Å². The largest absolute Gasteiger partial charge is 0.381 e. The molecule has 0 amide bonds. The van der Waals surface area contributed by atoms with Crippen molar-refractivity contribution < 1.29 is 9.31 Å². The zero-order valence-electron chi connectivity index (χ0n) is 8.29. The molecule has 1 rings (SSSR count). The van der Waals surface area contributed by atoms with E-state index in [4.69, 9.17) is 0 Å². The molecule has 5 nitrogen and oxygen atoms in total. The molecule has 0 unspecified atom stereocenters. The first kappa shape index (κ1) is 11.4. The molecular weight excluding hydrogens is 201 g/mol. The first-order chi connectivity index (χ1) is 7.15. The van der Waals surface area contributed by atoms with Gasteiger partial charge in [0, 0.05) is 19.2 Å². The number of anilines is 1. The van der Waals surface area contributed by atoms with Crippen LogP contribution in [0.3, 0.4) is 0 Å². The van der Waals surface area contributed by atoms with Crippen LogP contribution in [0.15, 0.2) is 18.2 Å². The Labute approximate surface area is 86.4 Å². The fraction of sp³-hybridized carbons (Fsp3) is 0.333. The molecule has 0 atom stereocenters. The van der Waals surface area contributed by atoms with Crippen LogP contribution in [-0.4, -0.2) is 25.1 Å². The predicted molar refractivity (Wildman–Crippen MR) is 55.5 cm³/mol. The van der Waals surface area contributed by atoms with E-state index in [1.54, 1.807) is 7.05 Å². The van der Waals surface area contributed by atoms with Crippen LogP contribution in [0.5, 0.6) is 0 Å². The fourth-order valence-corrected chi connectivity index (χ4v) is 1.08. The van der Waals surface area contributed by atoms with Gasteiger partial charge in [-0.3, -0.25) is 10.1 Å². The highest BCUT2D eigenvalue weighted by atomic mass is 19.1. The Morgan fingerprint density at radius 1 is 1.47 bits per heavy atom. The molecule has 0 saturated carbocycles. The topological polar surface area (TPSA) is 67.2 Å². The number of hydrogen-bond donors (Lipinski definition) is 2. The van der Waals surface area contributed by atoms with Crippen molar-refractivity contribution in [2.24, 2.45) is 0 Å². The lowest BCUT2D eigenvalue weighted by Gasteiger charge is -2.06. The van der Waals surface area contributed by atoms with Crippen molar-refractivity contribution in [3.8, 4) is 0 Å². The molecule has 0 aliphatic heterocycles. The first-order valence-electron chi connectivity index (χ1n) is 4.47. The van der Waals surface area contributed by atoms with Crippen LogP contribution in [0.25, 0.3) is 0 Å². The third kappa shape index (κ3) is 3.17. The Kier molecular flexibility index (Phi) is 3.99. The summed E-state index contributed by atoms with van der Waals surface area (Å²) in [7, 11) is 1.79. The summed E-state index contributed by atoms with van der Waals surface area (Å²) < 4.78 is 13.3. The van der Waals surface area contributed by atoms with E-state index >= 15 is 0 Å². The van der Waals surface area contributed by atoms with Crippen molar-refractivity contribution >= 4 is 11.4 Å². The summed E-state index contributed by atoms with van der Waals surface area (Å²) in [6.07, 6.45) is 0. The molecule has 0 bridgehead atoms. The van der Waals surface area contributed by atoms with Crippen LogP contribution in [0, 0.1) is 15.9 Å². The Morgan fingerprint density at radius 3 is 2.73 bits per heavy atom. The molecule has 0 fully saturated rings. The lowest BCUT2D eigenvalue weighted by Crippen LogP contribution is -2.18. The number of nitro groups is 1. The molecule has 0 aromatic heterocycles. The van der Waals surface area contributed by atoms with Crippen LogP contribution in [0.2, 0.25) is 0 Å². The highest BCUT2D eigenvalue weighted by Gasteiger charge is 2.09. The molecule has 0 radical (unpaired) electrons. The number of hydrogen-bond acceptors (Lipinski definition) is 4. The number of nitro benzene ring substituents is 1. The number of benzene rings is 1. The van der Waals surface area contributed by atoms with Crippen molar-refractivity contribution in [1.82, 2.24) is 5.32 Å². The van der Waals surface area contributed by atoms with E-state index in [9.17, 15) is 14.5 Å². The molecule has 0 saturated heterocycles. The van der Waals surface area contributed by atoms with Crippen molar-refractivity contribution in [2.75, 3.05) is 25.5 Å². The molecule has 6 heteroatoms. The van der Waals surface area contributed by atoms with Crippen LogP contribution >= 0.6 is 0 Å². The molecule has 1 aromatic carbocycles. The van der Waals surface area contributed by atoms with E-state index in [2.05, 4.69) is 10.6 Å². The molecule has 0 aliphatic rings. The fourth-order valence-electron chi connectivity index (χ4n) is 1.08. The number of likely N-dealkylation sites (N-methyl/N-ethyl adjacent to an activating group) is 1. The molecule has 15 heavy (non-hydrogen) atoms. The molecule has 0 heterocycles. The second-order valence-corrected chi connectivity index (χ2v) is 2.95. The summed E-state index contributed by atoms with van der Waals surface area (Å²) in [6.45, 7) is 1.25. The Balaban J connectivity index is 2.70. The van der Waals surface area contributed by atoms with Gasteiger partial charge in [-0.2, -0.15) is 0 Å². The van der Waals surface area contributed by atoms with E-state index in [1.807, 2.05) is 0 Å². The van der Waals surface area contributed by atoms with Gasteiger partial charge in [-0.1, -0.05) is 0 Å². The molecular formula is C9H12FN3O2. The number of non-ortho nitro benzene ring substituents is 1. The third-order valence-electron chi connectivity index (χ3n) is 1.85. The Bertz CT molecular complexity index is 357. The maximum atomic E-state index is 13.3. The Morgan fingerprint density at radius 2 is 2.20 bits per heavy atom. The Hall–Kier alpha value is -1.69. The smallest absolute Gasteiger partial charge is 0.272 e. The summed E-state index contributed by atoms with van der Waals surface area (Å²) in [5, 5.41) is 16.0. The van der Waals surface area contributed by atoms with Crippen molar-refractivity contribution in [1.29, 1.82) is 0 Å². The monoisotopic (exact) mass is 213 g/mol. The summed E-state index contributed by atoms with van der Waals surface area (Å²) in [5.74, 6) is -0.611. The zero-order valence-corrected chi connectivity index (χ0v) is 8.29. The summed E-state index contributed by atoms with van der Waals surface area (Å²) in [6, 6.07) is 3.54. The highest BCUT2D eigenvalue weighted by molar-refractivity contribution is 5.50.